The molecule has 112 valence electrons. The highest BCUT2D eigenvalue weighted by Crippen LogP contribution is 2.15. The summed E-state index contributed by atoms with van der Waals surface area (Å²) in [6.45, 7) is 12.2. The van der Waals surface area contributed by atoms with Gasteiger partial charge in [0.1, 0.15) is 0 Å². The first-order valence-electron chi connectivity index (χ1n) is 7.31. The van der Waals surface area contributed by atoms with Crippen LogP contribution in [0.5, 0.6) is 0 Å². The summed E-state index contributed by atoms with van der Waals surface area (Å²) in [6.07, 6.45) is 3.57. The van der Waals surface area contributed by atoms with Gasteiger partial charge in [0.15, 0.2) is 11.6 Å². The second-order valence-corrected chi connectivity index (χ2v) is 5.81. The van der Waals surface area contributed by atoms with Gasteiger partial charge in [0.25, 0.3) is 0 Å². The molecule has 2 rings (SSSR count). The fourth-order valence-corrected chi connectivity index (χ4v) is 2.09. The largest absolute Gasteiger partial charge is 0.312 e. The summed E-state index contributed by atoms with van der Waals surface area (Å²) >= 11 is 0. The first-order chi connectivity index (χ1) is 9.97. The van der Waals surface area contributed by atoms with E-state index in [0.717, 1.165) is 35.6 Å². The molecule has 0 aliphatic heterocycles. The Morgan fingerprint density at radius 2 is 1.52 bits per heavy atom. The Morgan fingerprint density at radius 3 is 2.05 bits per heavy atom. The Kier molecular flexibility index (Phi) is 4.96. The average molecular weight is 285 g/mol. The molecule has 5 heteroatoms. The molecule has 0 saturated heterocycles. The van der Waals surface area contributed by atoms with Crippen LogP contribution in [0.2, 0.25) is 0 Å². The van der Waals surface area contributed by atoms with Crippen molar-refractivity contribution in [3.8, 4) is 11.6 Å². The van der Waals surface area contributed by atoms with Crippen LogP contribution < -0.4 is 5.32 Å². The monoisotopic (exact) mass is 285 g/mol. The predicted molar refractivity (Wildman–Crippen MR) is 83.8 cm³/mol. The van der Waals surface area contributed by atoms with Gasteiger partial charge in [-0.1, -0.05) is 13.8 Å². The second kappa shape index (κ2) is 6.72. The lowest BCUT2D eigenvalue weighted by Crippen LogP contribution is -2.21. The molecular formula is C16H23N5. The molecule has 2 aromatic rings. The van der Waals surface area contributed by atoms with Crippen LogP contribution in [0.4, 0.5) is 0 Å². The van der Waals surface area contributed by atoms with Gasteiger partial charge in [0.2, 0.25) is 0 Å². The number of nitrogens with zero attached hydrogens (tertiary/aromatic N) is 4. The van der Waals surface area contributed by atoms with Crippen LogP contribution in [-0.4, -0.2) is 26.5 Å². The summed E-state index contributed by atoms with van der Waals surface area (Å²) in [5, 5.41) is 3.44. The molecule has 0 aromatic carbocycles. The number of rotatable bonds is 5. The van der Waals surface area contributed by atoms with E-state index in [2.05, 4.69) is 39.1 Å². The third kappa shape index (κ3) is 4.04. The maximum atomic E-state index is 4.56. The van der Waals surface area contributed by atoms with E-state index < -0.39 is 0 Å². The Morgan fingerprint density at radius 1 is 0.952 bits per heavy atom. The lowest BCUT2D eigenvalue weighted by Gasteiger charge is -2.12. The zero-order chi connectivity index (χ0) is 15.4. The zero-order valence-electron chi connectivity index (χ0n) is 13.4. The Labute approximate surface area is 126 Å². The zero-order valence-corrected chi connectivity index (χ0v) is 13.4. The molecule has 21 heavy (non-hydrogen) atoms. The van der Waals surface area contributed by atoms with Crippen LogP contribution in [-0.2, 0) is 6.54 Å². The summed E-state index contributed by atoms with van der Waals surface area (Å²) in [4.78, 5) is 17.7. The van der Waals surface area contributed by atoms with Gasteiger partial charge >= 0.3 is 0 Å². The van der Waals surface area contributed by atoms with Gasteiger partial charge in [-0.2, -0.15) is 0 Å². The number of hydrogen-bond acceptors (Lipinski definition) is 5. The Hall–Kier alpha value is -1.88. The first kappa shape index (κ1) is 15.5. The summed E-state index contributed by atoms with van der Waals surface area (Å²) in [5.41, 5.74) is 4.16. The van der Waals surface area contributed by atoms with E-state index in [4.69, 9.17) is 0 Å². The number of hydrogen-bond donors (Lipinski definition) is 1. The van der Waals surface area contributed by atoms with Gasteiger partial charge in [-0.15, -0.1) is 0 Å². The third-order valence-corrected chi connectivity index (χ3v) is 3.26. The number of aryl methyl sites for hydroxylation is 3. The van der Waals surface area contributed by atoms with Gasteiger partial charge in [-0.05, 0) is 38.8 Å². The Bertz CT molecular complexity index is 582. The minimum absolute atomic E-state index is 0.577. The van der Waals surface area contributed by atoms with Gasteiger partial charge in [0.05, 0.1) is 0 Å². The van der Waals surface area contributed by atoms with Gasteiger partial charge in [0, 0.05) is 35.9 Å². The summed E-state index contributed by atoms with van der Waals surface area (Å²) in [5.74, 6) is 1.80. The minimum Gasteiger partial charge on any atom is -0.312 e. The highest BCUT2D eigenvalue weighted by Gasteiger charge is 2.11. The first-order valence-corrected chi connectivity index (χ1v) is 7.31. The molecule has 1 N–H and O–H groups in total. The van der Waals surface area contributed by atoms with Crippen molar-refractivity contribution >= 4 is 0 Å². The molecule has 0 saturated carbocycles. The highest BCUT2D eigenvalue weighted by molar-refractivity contribution is 5.45. The van der Waals surface area contributed by atoms with Crippen molar-refractivity contribution in [2.45, 2.75) is 41.2 Å². The van der Waals surface area contributed by atoms with Gasteiger partial charge < -0.3 is 5.32 Å². The lowest BCUT2D eigenvalue weighted by atomic mass is 10.1. The maximum Gasteiger partial charge on any atom is 0.198 e. The quantitative estimate of drug-likeness (QED) is 0.915. The highest BCUT2D eigenvalue weighted by atomic mass is 15.0. The van der Waals surface area contributed by atoms with Crippen LogP contribution >= 0.6 is 0 Å². The van der Waals surface area contributed by atoms with E-state index in [9.17, 15) is 0 Å². The average Bonchev–Trinajstić information content (AvgIpc) is 2.42. The predicted octanol–water partition coefficient (Wildman–Crippen LogP) is 2.60. The Balaban J connectivity index is 2.22. The van der Waals surface area contributed by atoms with Crippen molar-refractivity contribution in [3.05, 3.63) is 34.9 Å². The molecule has 0 atom stereocenters. The van der Waals surface area contributed by atoms with Crippen molar-refractivity contribution in [2.75, 3.05) is 6.54 Å². The maximum absolute atomic E-state index is 4.56. The second-order valence-electron chi connectivity index (χ2n) is 5.81. The van der Waals surface area contributed by atoms with E-state index in [1.807, 2.05) is 20.8 Å². The lowest BCUT2D eigenvalue weighted by molar-refractivity contribution is 0.549. The van der Waals surface area contributed by atoms with Crippen LogP contribution in [0.15, 0.2) is 12.4 Å². The SMILES string of the molecule is Cc1cnc(-c2nc(C)c(CNCC(C)C)c(C)n2)nc1. The van der Waals surface area contributed by atoms with Crippen LogP contribution in [0.1, 0.15) is 36.4 Å². The molecule has 0 aliphatic carbocycles. The fraction of sp³-hybridized carbons (Fsp3) is 0.500. The molecule has 2 heterocycles. The molecule has 0 radical (unpaired) electrons. The third-order valence-electron chi connectivity index (χ3n) is 3.26. The molecule has 5 nitrogen and oxygen atoms in total. The smallest absolute Gasteiger partial charge is 0.198 e. The van der Waals surface area contributed by atoms with E-state index >= 15 is 0 Å². The van der Waals surface area contributed by atoms with Crippen molar-refractivity contribution < 1.29 is 0 Å². The van der Waals surface area contributed by atoms with Crippen molar-refractivity contribution in [3.63, 3.8) is 0 Å². The fourth-order valence-electron chi connectivity index (χ4n) is 2.09. The van der Waals surface area contributed by atoms with E-state index in [1.165, 1.54) is 0 Å². The molecule has 2 aromatic heterocycles. The molecule has 0 spiro atoms. The van der Waals surface area contributed by atoms with E-state index in [-0.39, 0.29) is 0 Å². The van der Waals surface area contributed by atoms with Crippen LogP contribution in [0.3, 0.4) is 0 Å². The molecule has 0 unspecified atom stereocenters. The van der Waals surface area contributed by atoms with Crippen molar-refractivity contribution in [1.82, 2.24) is 25.3 Å². The topological polar surface area (TPSA) is 63.6 Å². The van der Waals surface area contributed by atoms with Crippen LogP contribution in [0.25, 0.3) is 11.6 Å². The van der Waals surface area contributed by atoms with Crippen molar-refractivity contribution in [2.24, 2.45) is 5.92 Å². The number of nitrogens with one attached hydrogen (secondary N) is 1. The van der Waals surface area contributed by atoms with Crippen molar-refractivity contribution in [1.29, 1.82) is 0 Å². The minimum atomic E-state index is 0.577. The summed E-state index contributed by atoms with van der Waals surface area (Å²) in [7, 11) is 0. The van der Waals surface area contributed by atoms with Gasteiger partial charge in [-0.3, -0.25) is 0 Å². The summed E-state index contributed by atoms with van der Waals surface area (Å²) in [6, 6.07) is 0. The number of aromatic nitrogens is 4. The van der Waals surface area contributed by atoms with E-state index in [0.29, 0.717) is 17.6 Å². The molecule has 0 fully saturated rings. The molecule has 0 amide bonds. The molecular weight excluding hydrogens is 262 g/mol. The van der Waals surface area contributed by atoms with Gasteiger partial charge in [-0.25, -0.2) is 19.9 Å². The van der Waals surface area contributed by atoms with Crippen LogP contribution in [0, 0.1) is 26.7 Å². The standard InChI is InChI=1S/C16H23N5/c1-10(2)6-17-9-14-12(4)20-16(21-13(14)5)15-18-7-11(3)8-19-15/h7-8,10,17H,6,9H2,1-5H3. The summed E-state index contributed by atoms with van der Waals surface area (Å²) < 4.78 is 0. The molecule has 0 aliphatic rings. The normalized spacial score (nSPS) is 11.1. The molecule has 0 bridgehead atoms. The van der Waals surface area contributed by atoms with E-state index in [1.54, 1.807) is 12.4 Å².